The van der Waals surface area contributed by atoms with E-state index in [9.17, 15) is 18.0 Å². The molecule has 1 aliphatic rings. The summed E-state index contributed by atoms with van der Waals surface area (Å²) in [5, 5.41) is 2.81. The molecule has 0 saturated heterocycles. The quantitative estimate of drug-likeness (QED) is 0.418. The maximum atomic E-state index is 13.2. The zero-order valence-electron chi connectivity index (χ0n) is 21.1. The van der Waals surface area contributed by atoms with E-state index in [4.69, 9.17) is 9.47 Å². The highest BCUT2D eigenvalue weighted by Crippen LogP contribution is 2.43. The smallest absolute Gasteiger partial charge is 0.416 e. The van der Waals surface area contributed by atoms with Gasteiger partial charge in [0, 0.05) is 19.6 Å². The third-order valence-corrected chi connectivity index (χ3v) is 6.97. The summed E-state index contributed by atoms with van der Waals surface area (Å²) in [5.41, 5.74) is 3.15. The number of ether oxygens (including phenoxy) is 2. The molecule has 0 bridgehead atoms. The van der Waals surface area contributed by atoms with Crippen molar-refractivity contribution < 1.29 is 27.4 Å². The van der Waals surface area contributed by atoms with Crippen molar-refractivity contribution in [2.45, 2.75) is 37.5 Å². The van der Waals surface area contributed by atoms with E-state index in [0.717, 1.165) is 34.4 Å². The molecule has 4 rings (SSSR count). The number of carbonyl (C=O) groups is 1. The molecule has 1 aliphatic heterocycles. The van der Waals surface area contributed by atoms with Crippen LogP contribution in [0.2, 0.25) is 0 Å². The second-order valence-electron chi connectivity index (χ2n) is 9.07. The van der Waals surface area contributed by atoms with Crippen LogP contribution in [-0.4, -0.2) is 38.6 Å². The van der Waals surface area contributed by atoms with Gasteiger partial charge in [0.25, 0.3) is 0 Å². The lowest BCUT2D eigenvalue weighted by atomic mass is 9.86. The van der Waals surface area contributed by atoms with Crippen molar-refractivity contribution in [3.63, 3.8) is 0 Å². The first-order chi connectivity index (χ1) is 17.8. The predicted molar refractivity (Wildman–Crippen MR) is 136 cm³/mol. The van der Waals surface area contributed by atoms with Gasteiger partial charge in [0.2, 0.25) is 5.91 Å². The van der Waals surface area contributed by atoms with E-state index in [1.54, 1.807) is 21.3 Å². The molecule has 2 atom stereocenters. The van der Waals surface area contributed by atoms with Gasteiger partial charge in [-0.1, -0.05) is 42.5 Å². The number of hydrogen-bond donors (Lipinski definition) is 1. The molecule has 1 N–H and O–H groups in total. The van der Waals surface area contributed by atoms with Crippen LogP contribution < -0.4 is 14.8 Å². The summed E-state index contributed by atoms with van der Waals surface area (Å²) in [4.78, 5) is 15.4. The number of halogens is 3. The second-order valence-corrected chi connectivity index (χ2v) is 9.07. The molecule has 0 radical (unpaired) electrons. The van der Waals surface area contributed by atoms with E-state index in [-0.39, 0.29) is 11.9 Å². The van der Waals surface area contributed by atoms with Gasteiger partial charge in [0.1, 0.15) is 6.04 Å². The molecule has 0 unspecified atom stereocenters. The number of rotatable bonds is 8. The number of alkyl halides is 3. The number of fused-ring (bicyclic) bond motifs is 1. The first-order valence-electron chi connectivity index (χ1n) is 12.2. The SMILES string of the molecule is CNC(=O)[C@H](c1ccccc1)N1CCc2cc(OC)c(OC)cc2[C@H]1CCc1ccc(C(F)(F)F)cc1. The summed E-state index contributed by atoms with van der Waals surface area (Å²) >= 11 is 0. The fraction of sp³-hybridized carbons (Fsp3) is 0.345. The minimum absolute atomic E-state index is 0.116. The van der Waals surface area contributed by atoms with E-state index in [0.29, 0.717) is 37.3 Å². The van der Waals surface area contributed by atoms with Gasteiger partial charge in [-0.3, -0.25) is 9.69 Å². The Morgan fingerprint density at radius 3 is 2.27 bits per heavy atom. The van der Waals surface area contributed by atoms with E-state index in [2.05, 4.69) is 10.2 Å². The lowest BCUT2D eigenvalue weighted by Crippen LogP contribution is -2.44. The van der Waals surface area contributed by atoms with Crippen LogP contribution in [0, 0.1) is 0 Å². The average molecular weight is 513 g/mol. The van der Waals surface area contributed by atoms with Gasteiger partial charge in [-0.25, -0.2) is 0 Å². The molecule has 0 fully saturated rings. The van der Waals surface area contributed by atoms with Gasteiger partial charge >= 0.3 is 6.18 Å². The van der Waals surface area contributed by atoms with E-state index in [1.165, 1.54) is 12.1 Å². The lowest BCUT2D eigenvalue weighted by molar-refractivity contribution is -0.137. The van der Waals surface area contributed by atoms with Gasteiger partial charge in [-0.05, 0) is 65.8 Å². The van der Waals surface area contributed by atoms with Crippen LogP contribution >= 0.6 is 0 Å². The predicted octanol–water partition coefficient (Wildman–Crippen LogP) is 5.74. The second kappa shape index (κ2) is 11.3. The molecule has 0 saturated carbocycles. The van der Waals surface area contributed by atoms with Crippen molar-refractivity contribution in [2.24, 2.45) is 0 Å². The molecule has 0 aromatic heterocycles. The molecule has 196 valence electrons. The first-order valence-corrected chi connectivity index (χ1v) is 12.2. The maximum absolute atomic E-state index is 13.2. The number of carbonyl (C=O) groups excluding carboxylic acids is 1. The Hall–Kier alpha value is -3.52. The van der Waals surface area contributed by atoms with Crippen LogP contribution in [0.3, 0.4) is 0 Å². The fourth-order valence-electron chi connectivity index (χ4n) is 5.11. The summed E-state index contributed by atoms with van der Waals surface area (Å²) in [6.45, 7) is 0.632. The number of nitrogens with one attached hydrogen (secondary N) is 1. The van der Waals surface area contributed by atoms with Gasteiger partial charge in [0.05, 0.1) is 19.8 Å². The Morgan fingerprint density at radius 1 is 1.03 bits per heavy atom. The third kappa shape index (κ3) is 5.74. The minimum atomic E-state index is -4.37. The summed E-state index contributed by atoms with van der Waals surface area (Å²) in [5.74, 6) is 1.12. The summed E-state index contributed by atoms with van der Waals surface area (Å²) in [6.07, 6.45) is -2.51. The fourth-order valence-corrected chi connectivity index (χ4v) is 5.11. The Bertz CT molecular complexity index is 1210. The van der Waals surface area contributed by atoms with Gasteiger partial charge in [-0.2, -0.15) is 13.2 Å². The van der Waals surface area contributed by atoms with Crippen molar-refractivity contribution in [2.75, 3.05) is 27.8 Å². The Balaban J connectivity index is 1.73. The zero-order valence-corrected chi connectivity index (χ0v) is 21.1. The molecular formula is C29H31F3N2O3. The number of nitrogens with zero attached hydrogens (tertiary/aromatic N) is 1. The van der Waals surface area contributed by atoms with Crippen molar-refractivity contribution in [1.82, 2.24) is 10.2 Å². The monoisotopic (exact) mass is 512 g/mol. The molecule has 37 heavy (non-hydrogen) atoms. The normalized spacial score (nSPS) is 16.5. The molecule has 1 amide bonds. The number of likely N-dealkylation sites (N-methyl/N-ethyl adjacent to an activating group) is 1. The lowest BCUT2D eigenvalue weighted by Gasteiger charge is -2.42. The van der Waals surface area contributed by atoms with E-state index in [1.807, 2.05) is 42.5 Å². The molecule has 0 aliphatic carbocycles. The zero-order chi connectivity index (χ0) is 26.6. The number of methoxy groups -OCH3 is 2. The van der Waals surface area contributed by atoms with Crippen molar-refractivity contribution >= 4 is 5.91 Å². The summed E-state index contributed by atoms with van der Waals surface area (Å²) < 4.78 is 50.2. The Kier molecular flexibility index (Phi) is 8.07. The topological polar surface area (TPSA) is 50.8 Å². The molecule has 5 nitrogen and oxygen atoms in total. The molecule has 8 heteroatoms. The first kappa shape index (κ1) is 26.5. The number of hydrogen-bond acceptors (Lipinski definition) is 4. The number of aryl methyl sites for hydroxylation is 1. The van der Waals surface area contributed by atoms with Gasteiger partial charge in [0.15, 0.2) is 11.5 Å². The largest absolute Gasteiger partial charge is 0.493 e. The number of amides is 1. The maximum Gasteiger partial charge on any atom is 0.416 e. The molecule has 3 aromatic carbocycles. The van der Waals surface area contributed by atoms with Crippen LogP contribution in [0.15, 0.2) is 66.7 Å². The Labute approximate surface area is 215 Å². The molecular weight excluding hydrogens is 481 g/mol. The van der Waals surface area contributed by atoms with E-state index >= 15 is 0 Å². The average Bonchev–Trinajstić information content (AvgIpc) is 2.91. The standard InChI is InChI=1S/C29H31F3N2O3/c1-33-28(35)27(20-7-5-4-6-8-20)34-16-15-21-17-25(36-2)26(37-3)18-23(21)24(34)14-11-19-9-12-22(13-10-19)29(30,31)32/h4-10,12-13,17-18,24,27H,11,14-16H2,1-3H3,(H,33,35)/t24-,27+/m1/s1. The van der Waals surface area contributed by atoms with Crippen LogP contribution in [0.25, 0.3) is 0 Å². The van der Waals surface area contributed by atoms with Crippen molar-refractivity contribution in [3.05, 3.63) is 94.5 Å². The molecule has 1 heterocycles. The van der Waals surface area contributed by atoms with Crippen molar-refractivity contribution in [3.8, 4) is 11.5 Å². The summed E-state index contributed by atoms with van der Waals surface area (Å²) in [7, 11) is 4.80. The third-order valence-electron chi connectivity index (χ3n) is 6.97. The van der Waals surface area contributed by atoms with E-state index < -0.39 is 17.8 Å². The summed E-state index contributed by atoms with van der Waals surface area (Å²) in [6, 6.07) is 18.2. The van der Waals surface area contributed by atoms with Crippen LogP contribution in [0.5, 0.6) is 11.5 Å². The van der Waals surface area contributed by atoms with Gasteiger partial charge < -0.3 is 14.8 Å². The van der Waals surface area contributed by atoms with Crippen LogP contribution in [0.1, 0.15) is 46.3 Å². The highest BCUT2D eigenvalue weighted by Gasteiger charge is 2.37. The van der Waals surface area contributed by atoms with Gasteiger partial charge in [-0.15, -0.1) is 0 Å². The highest BCUT2D eigenvalue weighted by atomic mass is 19.4. The number of benzene rings is 3. The van der Waals surface area contributed by atoms with Crippen LogP contribution in [0.4, 0.5) is 13.2 Å². The minimum Gasteiger partial charge on any atom is -0.493 e. The van der Waals surface area contributed by atoms with Crippen molar-refractivity contribution in [1.29, 1.82) is 0 Å². The Morgan fingerprint density at radius 2 is 1.68 bits per heavy atom. The molecule has 0 spiro atoms. The highest BCUT2D eigenvalue weighted by molar-refractivity contribution is 5.83. The van der Waals surface area contributed by atoms with Crippen LogP contribution in [-0.2, 0) is 23.8 Å². The molecule has 3 aromatic rings.